The first-order valence-electron chi connectivity index (χ1n) is 11.7. The molecule has 180 valence electrons. The summed E-state index contributed by atoms with van der Waals surface area (Å²) in [6.45, 7) is 4.67. The highest BCUT2D eigenvalue weighted by Gasteiger charge is 2.30. The Morgan fingerprint density at radius 1 is 1.21 bits per heavy atom. The highest BCUT2D eigenvalue weighted by molar-refractivity contribution is 6.29. The number of nitrogens with one attached hydrogen (secondary N) is 2. The van der Waals surface area contributed by atoms with Crippen LogP contribution in [-0.2, 0) is 13.0 Å². The van der Waals surface area contributed by atoms with Crippen molar-refractivity contribution in [2.45, 2.75) is 63.8 Å². The fourth-order valence-corrected chi connectivity index (χ4v) is 4.53. The molecule has 3 heterocycles. The average molecular weight is 482 g/mol. The van der Waals surface area contributed by atoms with E-state index in [1.54, 1.807) is 24.2 Å². The molecule has 2 aromatic heterocycles. The minimum Gasteiger partial charge on any atom is -0.387 e. The maximum Gasteiger partial charge on any atom is 0.253 e. The summed E-state index contributed by atoms with van der Waals surface area (Å²) in [7, 11) is 1.80. The van der Waals surface area contributed by atoms with Crippen LogP contribution in [0.25, 0.3) is 0 Å². The molecule has 34 heavy (non-hydrogen) atoms. The number of aromatic nitrogens is 3. The van der Waals surface area contributed by atoms with Crippen molar-refractivity contribution in [1.82, 2.24) is 25.4 Å². The molecule has 3 N–H and O–H groups in total. The van der Waals surface area contributed by atoms with E-state index >= 15 is 0 Å². The summed E-state index contributed by atoms with van der Waals surface area (Å²) < 4.78 is 0. The van der Waals surface area contributed by atoms with Gasteiger partial charge in [0, 0.05) is 42.1 Å². The van der Waals surface area contributed by atoms with Crippen molar-refractivity contribution < 1.29 is 9.90 Å². The van der Waals surface area contributed by atoms with Crippen LogP contribution in [0.1, 0.15) is 71.6 Å². The lowest BCUT2D eigenvalue weighted by atomic mass is 10.0. The molecule has 1 saturated heterocycles. The van der Waals surface area contributed by atoms with Crippen LogP contribution in [0.5, 0.6) is 0 Å². The Labute approximate surface area is 205 Å². The van der Waals surface area contributed by atoms with Gasteiger partial charge in [-0.25, -0.2) is 4.98 Å². The Balaban J connectivity index is 1.30. The summed E-state index contributed by atoms with van der Waals surface area (Å²) in [5.41, 5.74) is 4.52. The zero-order valence-corrected chi connectivity index (χ0v) is 20.6. The second-order valence-electron chi connectivity index (χ2n) is 9.44. The van der Waals surface area contributed by atoms with Crippen LogP contribution < -0.4 is 5.32 Å². The summed E-state index contributed by atoms with van der Waals surface area (Å²) in [4.78, 5) is 18.6. The first-order valence-corrected chi connectivity index (χ1v) is 12.1. The van der Waals surface area contributed by atoms with Crippen molar-refractivity contribution in [3.05, 3.63) is 81.9 Å². The van der Waals surface area contributed by atoms with Gasteiger partial charge in [0.1, 0.15) is 5.15 Å². The van der Waals surface area contributed by atoms with Gasteiger partial charge < -0.3 is 15.3 Å². The Hall–Kier alpha value is -2.74. The van der Waals surface area contributed by atoms with E-state index in [0.29, 0.717) is 23.2 Å². The number of rotatable bonds is 8. The maximum atomic E-state index is 12.9. The lowest BCUT2D eigenvalue weighted by Gasteiger charge is -2.20. The quantitative estimate of drug-likeness (QED) is 0.418. The summed E-state index contributed by atoms with van der Waals surface area (Å²) in [6.07, 6.45) is 3.73. The van der Waals surface area contributed by atoms with E-state index in [0.717, 1.165) is 41.8 Å². The van der Waals surface area contributed by atoms with E-state index in [9.17, 15) is 9.90 Å². The van der Waals surface area contributed by atoms with Gasteiger partial charge in [-0.05, 0) is 55.0 Å². The van der Waals surface area contributed by atoms with E-state index in [4.69, 9.17) is 11.6 Å². The van der Waals surface area contributed by atoms with Crippen molar-refractivity contribution in [3.8, 4) is 0 Å². The normalized spacial score (nSPS) is 18.9. The third-order valence-electron chi connectivity index (χ3n) is 6.45. The molecule has 1 aliphatic rings. The number of carbonyl (C=O) groups excluding carboxylic acids is 1. The largest absolute Gasteiger partial charge is 0.387 e. The van der Waals surface area contributed by atoms with Crippen LogP contribution >= 0.6 is 11.6 Å². The van der Waals surface area contributed by atoms with Crippen LogP contribution in [0.2, 0.25) is 5.15 Å². The molecule has 0 radical (unpaired) electrons. The fourth-order valence-electron chi connectivity index (χ4n) is 4.41. The van der Waals surface area contributed by atoms with Crippen LogP contribution in [0.4, 0.5) is 0 Å². The lowest BCUT2D eigenvalue weighted by Crippen LogP contribution is -2.35. The molecule has 1 fully saturated rings. The first-order chi connectivity index (χ1) is 16.3. The van der Waals surface area contributed by atoms with E-state index in [1.807, 2.05) is 36.4 Å². The van der Waals surface area contributed by atoms with Crippen LogP contribution in [0, 0.1) is 0 Å². The topological polar surface area (TPSA) is 94.1 Å². The third-order valence-corrected chi connectivity index (χ3v) is 6.67. The van der Waals surface area contributed by atoms with Crippen molar-refractivity contribution in [2.75, 3.05) is 7.05 Å². The Morgan fingerprint density at radius 2 is 1.97 bits per heavy atom. The molecule has 1 amide bonds. The van der Waals surface area contributed by atoms with E-state index < -0.39 is 6.10 Å². The number of aliphatic hydroxyl groups is 1. The van der Waals surface area contributed by atoms with Gasteiger partial charge in [-0.1, -0.05) is 43.6 Å². The number of halogens is 1. The molecule has 0 bridgehead atoms. The minimum atomic E-state index is -0.614. The maximum absolute atomic E-state index is 12.9. The molecule has 0 spiro atoms. The number of aliphatic hydroxyl groups excluding tert-OH is 1. The number of nitrogens with zero attached hydrogens (tertiary/aromatic N) is 3. The minimum absolute atomic E-state index is 0.0132. The molecular formula is C26H32ClN5O2. The number of aromatic amines is 1. The summed E-state index contributed by atoms with van der Waals surface area (Å²) in [6, 6.07) is 13.6. The Morgan fingerprint density at radius 3 is 2.62 bits per heavy atom. The number of amides is 1. The molecule has 1 aromatic carbocycles. The number of carbonyl (C=O) groups is 1. The number of H-pyrrole nitrogens is 1. The monoisotopic (exact) mass is 481 g/mol. The van der Waals surface area contributed by atoms with E-state index in [2.05, 4.69) is 34.3 Å². The third kappa shape index (κ3) is 5.84. The molecular weight excluding hydrogens is 450 g/mol. The smallest absolute Gasteiger partial charge is 0.253 e. The zero-order chi connectivity index (χ0) is 24.2. The van der Waals surface area contributed by atoms with Crippen molar-refractivity contribution in [2.24, 2.45) is 0 Å². The van der Waals surface area contributed by atoms with Crippen molar-refractivity contribution in [1.29, 1.82) is 0 Å². The SMILES string of the molecule is CC(C)c1cc(CN(C)C(=O)c2ccc(C[C@@H]3CC[C@H](C(O)c4ccc(Cl)nc4)N3)cc2)n[nH]1. The molecule has 1 unspecified atom stereocenters. The second-order valence-corrected chi connectivity index (χ2v) is 9.83. The highest BCUT2D eigenvalue weighted by Crippen LogP contribution is 2.27. The van der Waals surface area contributed by atoms with E-state index in [-0.39, 0.29) is 18.0 Å². The van der Waals surface area contributed by atoms with Gasteiger partial charge in [-0.2, -0.15) is 5.10 Å². The molecule has 7 nitrogen and oxygen atoms in total. The molecule has 8 heteroatoms. The van der Waals surface area contributed by atoms with Crippen LogP contribution in [0.15, 0.2) is 48.7 Å². The number of pyridine rings is 1. The first kappa shape index (κ1) is 24.4. The zero-order valence-electron chi connectivity index (χ0n) is 19.8. The van der Waals surface area contributed by atoms with Gasteiger partial charge in [0.25, 0.3) is 5.91 Å². The average Bonchev–Trinajstić information content (AvgIpc) is 3.49. The van der Waals surface area contributed by atoms with E-state index in [1.165, 1.54) is 0 Å². The van der Waals surface area contributed by atoms with Gasteiger partial charge in [0.2, 0.25) is 0 Å². The molecule has 4 rings (SSSR count). The second kappa shape index (κ2) is 10.7. The predicted octanol–water partition coefficient (Wildman–Crippen LogP) is 4.25. The Kier molecular flexibility index (Phi) is 7.66. The summed E-state index contributed by atoms with van der Waals surface area (Å²) >= 11 is 5.85. The van der Waals surface area contributed by atoms with Gasteiger partial charge in [-0.3, -0.25) is 9.89 Å². The molecule has 0 saturated carbocycles. The number of hydrogen-bond acceptors (Lipinski definition) is 5. The van der Waals surface area contributed by atoms with Crippen LogP contribution in [-0.4, -0.2) is 50.2 Å². The van der Waals surface area contributed by atoms with Gasteiger partial charge >= 0.3 is 0 Å². The van der Waals surface area contributed by atoms with Crippen molar-refractivity contribution in [3.63, 3.8) is 0 Å². The van der Waals surface area contributed by atoms with Gasteiger partial charge in [-0.15, -0.1) is 0 Å². The van der Waals surface area contributed by atoms with Gasteiger partial charge in [0.15, 0.2) is 0 Å². The predicted molar refractivity (Wildman–Crippen MR) is 133 cm³/mol. The molecule has 1 aliphatic heterocycles. The number of hydrogen-bond donors (Lipinski definition) is 3. The van der Waals surface area contributed by atoms with Gasteiger partial charge in [0.05, 0.1) is 18.3 Å². The fraction of sp³-hybridized carbons (Fsp3) is 0.423. The molecule has 3 atom stereocenters. The van der Waals surface area contributed by atoms with Crippen LogP contribution in [0.3, 0.4) is 0 Å². The van der Waals surface area contributed by atoms with Crippen molar-refractivity contribution >= 4 is 17.5 Å². The lowest BCUT2D eigenvalue weighted by molar-refractivity contribution is 0.0783. The number of benzene rings is 1. The summed E-state index contributed by atoms with van der Waals surface area (Å²) in [5.74, 6) is 0.344. The molecule has 0 aliphatic carbocycles. The highest BCUT2D eigenvalue weighted by atomic mass is 35.5. The Bertz CT molecular complexity index is 1100. The summed E-state index contributed by atoms with van der Waals surface area (Å²) in [5, 5.41) is 22.0. The standard InChI is InChI=1S/C26H32ClN5O2/c1-16(2)23-13-21(30-31-23)15-32(3)26(34)18-6-4-17(5-7-18)12-20-9-10-22(29-20)25(33)19-8-11-24(27)28-14-19/h4-8,11,13-14,16,20,22,25,29,33H,9-10,12,15H2,1-3H3,(H,30,31)/t20-,22+,25?/m0/s1. The molecule has 3 aromatic rings.